The number of hydrogen-bond donors (Lipinski definition) is 1. The molecule has 3 heteroatoms. The number of hydrogen-bond acceptors (Lipinski definition) is 2. The largest absolute Gasteiger partial charge is 0.334 e. The van der Waals surface area contributed by atoms with Crippen molar-refractivity contribution in [3.05, 3.63) is 35.4 Å². The topological polar surface area (TPSA) is 46.3 Å². The maximum Gasteiger partial charge on any atom is 0.236 e. The van der Waals surface area contributed by atoms with E-state index in [1.807, 2.05) is 11.0 Å². The van der Waals surface area contributed by atoms with E-state index in [9.17, 15) is 4.79 Å². The molecule has 2 bridgehead atoms. The molecule has 1 aromatic rings. The minimum atomic E-state index is 0.0806. The molecular weight excluding hydrogens is 188 g/mol. The Morgan fingerprint density at radius 1 is 1.40 bits per heavy atom. The zero-order valence-electron chi connectivity index (χ0n) is 8.52. The predicted molar refractivity (Wildman–Crippen MR) is 57.3 cm³/mol. The molecule has 1 aliphatic heterocycles. The van der Waals surface area contributed by atoms with Crippen LogP contribution in [0.2, 0.25) is 0 Å². The van der Waals surface area contributed by atoms with Gasteiger partial charge in [-0.05, 0) is 17.5 Å². The van der Waals surface area contributed by atoms with Gasteiger partial charge in [-0.3, -0.25) is 4.79 Å². The van der Waals surface area contributed by atoms with Gasteiger partial charge < -0.3 is 10.6 Å². The average molecular weight is 202 g/mol. The smallest absolute Gasteiger partial charge is 0.236 e. The van der Waals surface area contributed by atoms with Gasteiger partial charge in [0.05, 0.1) is 12.6 Å². The zero-order valence-corrected chi connectivity index (χ0v) is 8.52. The number of benzene rings is 1. The second kappa shape index (κ2) is 3.07. The SMILES string of the molecule is NCC(=O)N1CC2CC1c1ccccc12. The normalized spacial score (nSPS) is 26.9. The Balaban J connectivity index is 1.98. The van der Waals surface area contributed by atoms with E-state index in [0.717, 1.165) is 13.0 Å². The van der Waals surface area contributed by atoms with E-state index < -0.39 is 0 Å². The molecule has 78 valence electrons. The van der Waals surface area contributed by atoms with Crippen molar-refractivity contribution in [2.45, 2.75) is 18.4 Å². The summed E-state index contributed by atoms with van der Waals surface area (Å²) < 4.78 is 0. The Hall–Kier alpha value is -1.35. The molecule has 2 aliphatic rings. The van der Waals surface area contributed by atoms with E-state index in [4.69, 9.17) is 5.73 Å². The number of rotatable bonds is 1. The van der Waals surface area contributed by atoms with Crippen molar-refractivity contribution in [3.8, 4) is 0 Å². The third kappa shape index (κ3) is 1.13. The molecule has 3 rings (SSSR count). The first-order valence-corrected chi connectivity index (χ1v) is 5.39. The molecule has 0 radical (unpaired) electrons. The summed E-state index contributed by atoms with van der Waals surface area (Å²) in [5.41, 5.74) is 8.18. The van der Waals surface area contributed by atoms with Crippen LogP contribution < -0.4 is 5.73 Å². The number of amides is 1. The van der Waals surface area contributed by atoms with Crippen molar-refractivity contribution in [1.82, 2.24) is 4.90 Å². The number of carbonyl (C=O) groups is 1. The highest BCUT2D eigenvalue weighted by Crippen LogP contribution is 2.49. The third-order valence-corrected chi connectivity index (χ3v) is 3.59. The van der Waals surface area contributed by atoms with E-state index in [-0.39, 0.29) is 12.5 Å². The lowest BCUT2D eigenvalue weighted by Gasteiger charge is -2.28. The summed E-state index contributed by atoms with van der Waals surface area (Å²) >= 11 is 0. The molecule has 1 aliphatic carbocycles. The van der Waals surface area contributed by atoms with Gasteiger partial charge in [-0.1, -0.05) is 24.3 Å². The van der Waals surface area contributed by atoms with Gasteiger partial charge >= 0.3 is 0 Å². The number of nitrogens with zero attached hydrogens (tertiary/aromatic N) is 1. The summed E-state index contributed by atoms with van der Waals surface area (Å²) in [6, 6.07) is 8.74. The Labute approximate surface area is 88.9 Å². The van der Waals surface area contributed by atoms with E-state index in [0.29, 0.717) is 12.0 Å². The quantitative estimate of drug-likeness (QED) is 0.739. The fourth-order valence-electron chi connectivity index (χ4n) is 2.94. The zero-order chi connectivity index (χ0) is 10.4. The Morgan fingerprint density at radius 2 is 2.13 bits per heavy atom. The van der Waals surface area contributed by atoms with Crippen LogP contribution in [0.3, 0.4) is 0 Å². The molecule has 15 heavy (non-hydrogen) atoms. The van der Waals surface area contributed by atoms with Crippen LogP contribution >= 0.6 is 0 Å². The van der Waals surface area contributed by atoms with Crippen molar-refractivity contribution in [2.24, 2.45) is 5.73 Å². The minimum Gasteiger partial charge on any atom is -0.334 e. The van der Waals surface area contributed by atoms with Gasteiger partial charge in [-0.2, -0.15) is 0 Å². The Bertz CT molecular complexity index is 416. The molecule has 2 N–H and O–H groups in total. The van der Waals surface area contributed by atoms with Gasteiger partial charge in [0.1, 0.15) is 0 Å². The lowest BCUT2D eigenvalue weighted by Crippen LogP contribution is -2.37. The molecule has 1 amide bonds. The maximum atomic E-state index is 11.6. The fraction of sp³-hybridized carbons (Fsp3) is 0.417. The first-order chi connectivity index (χ1) is 7.31. The molecule has 0 saturated carbocycles. The fourth-order valence-corrected chi connectivity index (χ4v) is 2.94. The van der Waals surface area contributed by atoms with Crippen LogP contribution in [-0.4, -0.2) is 23.9 Å². The van der Waals surface area contributed by atoms with E-state index in [1.165, 1.54) is 11.1 Å². The van der Waals surface area contributed by atoms with Crippen LogP contribution in [0, 0.1) is 0 Å². The van der Waals surface area contributed by atoms with Crippen molar-refractivity contribution >= 4 is 5.91 Å². The second-order valence-corrected chi connectivity index (χ2v) is 4.33. The second-order valence-electron chi connectivity index (χ2n) is 4.33. The molecule has 1 heterocycles. The Morgan fingerprint density at radius 3 is 2.87 bits per heavy atom. The van der Waals surface area contributed by atoms with Gasteiger partial charge in [0, 0.05) is 12.5 Å². The van der Waals surface area contributed by atoms with Gasteiger partial charge in [0.2, 0.25) is 5.91 Å². The van der Waals surface area contributed by atoms with Gasteiger partial charge in [-0.15, -0.1) is 0 Å². The highest BCUT2D eigenvalue weighted by Gasteiger charge is 2.43. The van der Waals surface area contributed by atoms with Crippen LogP contribution in [-0.2, 0) is 4.79 Å². The maximum absolute atomic E-state index is 11.6. The summed E-state index contributed by atoms with van der Waals surface area (Å²) in [6.07, 6.45) is 1.09. The molecule has 0 spiro atoms. The molecule has 1 fully saturated rings. The van der Waals surface area contributed by atoms with Crippen LogP contribution in [0.25, 0.3) is 0 Å². The summed E-state index contributed by atoms with van der Waals surface area (Å²) in [5.74, 6) is 0.624. The third-order valence-electron chi connectivity index (χ3n) is 3.59. The standard InChI is InChI=1S/C12H14N2O/c13-6-12(15)14-7-8-5-11(14)10-4-2-1-3-9(8)10/h1-4,8,11H,5-7,13H2. The van der Waals surface area contributed by atoms with Crippen LogP contribution in [0.15, 0.2) is 24.3 Å². The summed E-state index contributed by atoms with van der Waals surface area (Å²) in [5, 5.41) is 0. The lowest BCUT2D eigenvalue weighted by molar-refractivity contribution is -0.130. The van der Waals surface area contributed by atoms with Crippen molar-refractivity contribution in [1.29, 1.82) is 0 Å². The molecule has 2 unspecified atom stereocenters. The van der Waals surface area contributed by atoms with Crippen LogP contribution in [0.1, 0.15) is 29.5 Å². The number of likely N-dealkylation sites (tertiary alicyclic amines) is 1. The monoisotopic (exact) mass is 202 g/mol. The predicted octanol–water partition coefficient (Wildman–Crippen LogP) is 1.02. The highest BCUT2D eigenvalue weighted by molar-refractivity contribution is 5.79. The molecule has 1 saturated heterocycles. The van der Waals surface area contributed by atoms with Crippen molar-refractivity contribution in [3.63, 3.8) is 0 Å². The molecule has 2 atom stereocenters. The first kappa shape index (κ1) is 8.92. The van der Waals surface area contributed by atoms with E-state index in [2.05, 4.69) is 18.2 Å². The highest BCUT2D eigenvalue weighted by atomic mass is 16.2. The number of fused-ring (bicyclic) bond motifs is 5. The number of carbonyl (C=O) groups excluding carboxylic acids is 1. The summed E-state index contributed by atoms with van der Waals surface area (Å²) in [6.45, 7) is 0.989. The van der Waals surface area contributed by atoms with E-state index in [1.54, 1.807) is 0 Å². The van der Waals surface area contributed by atoms with Crippen molar-refractivity contribution in [2.75, 3.05) is 13.1 Å². The minimum absolute atomic E-state index is 0.0806. The molecule has 0 aromatic heterocycles. The van der Waals surface area contributed by atoms with Crippen LogP contribution in [0.5, 0.6) is 0 Å². The molecule has 1 aromatic carbocycles. The average Bonchev–Trinajstić information content (AvgIpc) is 2.86. The van der Waals surface area contributed by atoms with E-state index >= 15 is 0 Å². The first-order valence-electron chi connectivity index (χ1n) is 5.39. The van der Waals surface area contributed by atoms with Crippen LogP contribution in [0.4, 0.5) is 0 Å². The van der Waals surface area contributed by atoms with Gasteiger partial charge in [0.25, 0.3) is 0 Å². The van der Waals surface area contributed by atoms with Gasteiger partial charge in [0.15, 0.2) is 0 Å². The molecule has 3 nitrogen and oxygen atoms in total. The molecular formula is C12H14N2O. The lowest BCUT2D eigenvalue weighted by atomic mass is 9.99. The van der Waals surface area contributed by atoms with Gasteiger partial charge in [-0.25, -0.2) is 0 Å². The van der Waals surface area contributed by atoms with Crippen molar-refractivity contribution < 1.29 is 4.79 Å². The summed E-state index contributed by atoms with van der Waals surface area (Å²) in [4.78, 5) is 13.6. The Kier molecular flexibility index (Phi) is 1.83. The number of nitrogens with two attached hydrogens (primary N) is 1. The summed E-state index contributed by atoms with van der Waals surface area (Å²) in [7, 11) is 0.